The van der Waals surface area contributed by atoms with E-state index in [1.165, 1.54) is 24.4 Å². The zero-order valence-electron chi connectivity index (χ0n) is 25.5. The lowest BCUT2D eigenvalue weighted by Gasteiger charge is -2.38. The molecule has 5 rings (SSSR count). The molecule has 10 heteroatoms. The first-order valence-corrected chi connectivity index (χ1v) is 14.4. The van der Waals surface area contributed by atoms with E-state index in [9.17, 15) is 14.0 Å². The Balaban J connectivity index is 0.000000339. The van der Waals surface area contributed by atoms with Crippen LogP contribution in [-0.4, -0.2) is 43.2 Å². The summed E-state index contributed by atoms with van der Waals surface area (Å²) in [4.78, 5) is 30.7. The second-order valence-corrected chi connectivity index (χ2v) is 11.0. The highest BCUT2D eigenvalue weighted by molar-refractivity contribution is 6.29. The number of anilines is 2. The van der Waals surface area contributed by atoms with Gasteiger partial charge in [0.1, 0.15) is 33.8 Å². The molecule has 8 nitrogen and oxygen atoms in total. The molecule has 1 aliphatic carbocycles. The molecule has 44 heavy (non-hydrogen) atoms. The van der Waals surface area contributed by atoms with Gasteiger partial charge in [0.05, 0.1) is 30.7 Å². The number of ether oxygens (including phenoxy) is 3. The molecule has 1 aliphatic heterocycles. The summed E-state index contributed by atoms with van der Waals surface area (Å²) < 4.78 is 28.9. The maximum atomic E-state index is 12.7. The predicted molar refractivity (Wildman–Crippen MR) is 170 cm³/mol. The van der Waals surface area contributed by atoms with Gasteiger partial charge in [0.15, 0.2) is 0 Å². The average Bonchev–Trinajstić information content (AvgIpc) is 3.20. The lowest BCUT2D eigenvalue weighted by Crippen LogP contribution is -2.52. The number of aromatic nitrogens is 1. The molecule has 1 amide bonds. The minimum absolute atomic E-state index is 0.0183. The van der Waals surface area contributed by atoms with E-state index in [-0.39, 0.29) is 11.7 Å². The Morgan fingerprint density at radius 2 is 1.91 bits per heavy atom. The number of benzene rings is 2. The Labute approximate surface area is 261 Å². The Bertz CT molecular complexity index is 1650. The minimum atomic E-state index is -0.677. The molecule has 0 radical (unpaired) electrons. The van der Waals surface area contributed by atoms with Crippen LogP contribution >= 0.6 is 11.6 Å². The van der Waals surface area contributed by atoms with E-state index >= 15 is 0 Å². The van der Waals surface area contributed by atoms with Gasteiger partial charge in [-0.15, -0.1) is 0 Å². The Morgan fingerprint density at radius 1 is 1.14 bits per heavy atom. The number of methoxy groups -OCH3 is 1. The molecular weight excluding hydrogens is 585 g/mol. The number of pyridine rings is 1. The highest BCUT2D eigenvalue weighted by Crippen LogP contribution is 2.38. The third-order valence-corrected chi connectivity index (χ3v) is 7.23. The summed E-state index contributed by atoms with van der Waals surface area (Å²) in [5.41, 5.74) is 3.94. The van der Waals surface area contributed by atoms with Crippen LogP contribution in [0.5, 0.6) is 5.75 Å². The van der Waals surface area contributed by atoms with Gasteiger partial charge in [0.2, 0.25) is 0 Å². The maximum Gasteiger partial charge on any atom is 0.344 e. The van der Waals surface area contributed by atoms with E-state index in [2.05, 4.69) is 10.3 Å². The summed E-state index contributed by atoms with van der Waals surface area (Å²) >= 11 is 5.78. The van der Waals surface area contributed by atoms with Gasteiger partial charge in [0, 0.05) is 31.3 Å². The van der Waals surface area contributed by atoms with Crippen LogP contribution in [0.2, 0.25) is 5.15 Å². The topological polar surface area (TPSA) is 90.0 Å². The number of rotatable bonds is 6. The van der Waals surface area contributed by atoms with E-state index in [4.69, 9.17) is 25.8 Å². The number of hydrogen-bond acceptors (Lipinski definition) is 7. The summed E-state index contributed by atoms with van der Waals surface area (Å²) in [6, 6.07) is 13.5. The standard InChI is InChI=1S/C25H24ClN3O4.C9H11FO/c1-25(2)24(31)29(3)20-13-15(5-10-19(20)28-25)18-9-7-17(8-11-21(18)32-4)33-23(30)16-6-12-22(26)27-14-16;1-3-11-9-6-8(10)5-4-7(9)2/h5-7,9-14,28H,8H2,1-4H3;4-6H,3H2,1-2H3. The SMILES string of the molecule is CCOc1cc(F)ccc1C.COC1=CCC(OC(=O)c2ccc(Cl)nc2)=CC=C1c1ccc2c(c1)N(C)C(=O)C(C)(C)N2. The van der Waals surface area contributed by atoms with Gasteiger partial charge in [-0.25, -0.2) is 14.2 Å². The first-order chi connectivity index (χ1) is 20.9. The molecule has 230 valence electrons. The monoisotopic (exact) mass is 619 g/mol. The van der Waals surface area contributed by atoms with Gasteiger partial charge >= 0.3 is 5.97 Å². The summed E-state index contributed by atoms with van der Waals surface area (Å²) in [5.74, 6) is 0.954. The van der Waals surface area contributed by atoms with Crippen molar-refractivity contribution in [2.24, 2.45) is 0 Å². The molecule has 0 bridgehead atoms. The summed E-state index contributed by atoms with van der Waals surface area (Å²) in [7, 11) is 3.36. The third-order valence-electron chi connectivity index (χ3n) is 7.00. The van der Waals surface area contributed by atoms with Crippen molar-refractivity contribution in [1.29, 1.82) is 0 Å². The van der Waals surface area contributed by atoms with Gasteiger partial charge in [-0.3, -0.25) is 4.79 Å². The van der Waals surface area contributed by atoms with Crippen LogP contribution in [0.3, 0.4) is 0 Å². The number of likely N-dealkylation sites (N-methyl/N-ethyl adjacent to an activating group) is 1. The normalized spacial score (nSPS) is 15.2. The number of halogens is 2. The van der Waals surface area contributed by atoms with Crippen LogP contribution in [0.1, 0.15) is 48.7 Å². The molecular formula is C34H35ClFN3O5. The Kier molecular flexibility index (Phi) is 10.1. The van der Waals surface area contributed by atoms with Crippen LogP contribution in [-0.2, 0) is 14.3 Å². The largest absolute Gasteiger partial charge is 0.496 e. The van der Waals surface area contributed by atoms with Crippen LogP contribution < -0.4 is 15.0 Å². The van der Waals surface area contributed by atoms with Crippen molar-refractivity contribution in [3.8, 4) is 5.75 Å². The quantitative estimate of drug-likeness (QED) is 0.226. The predicted octanol–water partition coefficient (Wildman–Crippen LogP) is 7.49. The van der Waals surface area contributed by atoms with E-state index in [0.717, 1.165) is 28.1 Å². The van der Waals surface area contributed by atoms with Crippen molar-refractivity contribution in [2.75, 3.05) is 31.0 Å². The smallest absolute Gasteiger partial charge is 0.344 e. The fourth-order valence-electron chi connectivity index (χ4n) is 4.70. The van der Waals surface area contributed by atoms with E-state index in [0.29, 0.717) is 41.0 Å². The Hall–Kier alpha value is -4.63. The van der Waals surface area contributed by atoms with Crippen LogP contribution in [0.25, 0.3) is 5.57 Å². The van der Waals surface area contributed by atoms with Crippen molar-refractivity contribution in [2.45, 2.75) is 39.7 Å². The molecule has 2 aromatic carbocycles. The fourth-order valence-corrected chi connectivity index (χ4v) is 4.81. The zero-order chi connectivity index (χ0) is 32.0. The second-order valence-electron chi connectivity index (χ2n) is 10.6. The van der Waals surface area contributed by atoms with Crippen molar-refractivity contribution in [3.05, 3.63) is 112 Å². The van der Waals surface area contributed by atoms with Gasteiger partial charge in [0.25, 0.3) is 5.91 Å². The number of hydrogen-bond donors (Lipinski definition) is 1. The number of nitrogens with one attached hydrogen (secondary N) is 1. The number of fused-ring (bicyclic) bond motifs is 1. The number of esters is 1. The number of carbonyl (C=O) groups is 2. The molecule has 0 spiro atoms. The summed E-state index contributed by atoms with van der Waals surface area (Å²) in [5, 5.41) is 3.59. The number of amides is 1. The minimum Gasteiger partial charge on any atom is -0.496 e. The van der Waals surface area contributed by atoms with Crippen molar-refractivity contribution >= 4 is 40.4 Å². The van der Waals surface area contributed by atoms with Crippen molar-refractivity contribution in [1.82, 2.24) is 4.98 Å². The molecule has 0 fully saturated rings. The van der Waals surface area contributed by atoms with Crippen molar-refractivity contribution < 1.29 is 28.2 Å². The summed E-state index contributed by atoms with van der Waals surface area (Å²) in [6.07, 6.45) is 7.19. The molecule has 1 N–H and O–H groups in total. The molecule has 1 aromatic heterocycles. The van der Waals surface area contributed by atoms with Gasteiger partial charge in [-0.05, 0) is 87.4 Å². The lowest BCUT2D eigenvalue weighted by molar-refractivity contribution is -0.121. The van der Waals surface area contributed by atoms with Crippen LogP contribution in [0.4, 0.5) is 15.8 Å². The first-order valence-electron chi connectivity index (χ1n) is 14.0. The molecule has 0 saturated heterocycles. The van der Waals surface area contributed by atoms with E-state index in [1.807, 2.05) is 58.0 Å². The molecule has 2 heterocycles. The maximum absolute atomic E-state index is 12.7. The van der Waals surface area contributed by atoms with Crippen molar-refractivity contribution in [3.63, 3.8) is 0 Å². The molecule has 3 aromatic rings. The highest BCUT2D eigenvalue weighted by Gasteiger charge is 2.37. The number of allylic oxidation sites excluding steroid dienone is 4. The number of carbonyl (C=O) groups excluding carboxylic acids is 2. The van der Waals surface area contributed by atoms with E-state index in [1.54, 1.807) is 37.3 Å². The molecule has 0 saturated carbocycles. The fraction of sp³-hybridized carbons (Fsp3) is 0.265. The zero-order valence-corrected chi connectivity index (χ0v) is 26.3. The average molecular weight is 620 g/mol. The second kappa shape index (κ2) is 13.8. The van der Waals surface area contributed by atoms with Gasteiger partial charge < -0.3 is 24.4 Å². The number of nitrogens with zero attached hydrogens (tertiary/aromatic N) is 2. The number of aryl methyl sites for hydroxylation is 1. The van der Waals surface area contributed by atoms with E-state index < -0.39 is 11.5 Å². The van der Waals surface area contributed by atoms with Crippen LogP contribution in [0.15, 0.2) is 84.5 Å². The lowest BCUT2D eigenvalue weighted by atomic mass is 9.95. The highest BCUT2D eigenvalue weighted by atomic mass is 35.5. The first kappa shape index (κ1) is 32.3. The molecule has 0 unspecified atom stereocenters. The molecule has 2 aliphatic rings. The third kappa shape index (κ3) is 7.47. The molecule has 0 atom stereocenters. The Morgan fingerprint density at radius 3 is 2.59 bits per heavy atom. The van der Waals surface area contributed by atoms with Gasteiger partial charge in [-0.2, -0.15) is 0 Å². The summed E-state index contributed by atoms with van der Waals surface area (Å²) in [6.45, 7) is 8.06. The van der Waals surface area contributed by atoms with Crippen LogP contribution in [0, 0.1) is 12.7 Å². The van der Waals surface area contributed by atoms with Gasteiger partial charge in [-0.1, -0.05) is 23.7 Å².